The van der Waals surface area contributed by atoms with E-state index in [1.54, 1.807) is 18.3 Å². The van der Waals surface area contributed by atoms with E-state index in [4.69, 9.17) is 26.1 Å². The lowest BCUT2D eigenvalue weighted by Gasteiger charge is -2.39. The molecule has 32 heavy (non-hydrogen) atoms. The van der Waals surface area contributed by atoms with Crippen molar-refractivity contribution in [1.82, 2.24) is 9.88 Å². The summed E-state index contributed by atoms with van der Waals surface area (Å²) in [5, 5.41) is 1.80. The molecule has 1 saturated heterocycles. The Morgan fingerprint density at radius 3 is 2.88 bits per heavy atom. The molecule has 2 aromatic carbocycles. The number of fused-ring (bicyclic) bond motifs is 1. The van der Waals surface area contributed by atoms with Crippen molar-refractivity contribution in [2.24, 2.45) is 0 Å². The van der Waals surface area contributed by atoms with Gasteiger partial charge in [0.1, 0.15) is 5.75 Å². The summed E-state index contributed by atoms with van der Waals surface area (Å²) in [6.45, 7) is 9.94. The molecule has 0 bridgehead atoms. The number of piperazine rings is 1. The summed E-state index contributed by atoms with van der Waals surface area (Å²) in [5.41, 5.74) is 3.18. The number of esters is 1. The predicted molar refractivity (Wildman–Crippen MR) is 130 cm³/mol. The predicted octanol–water partition coefficient (Wildman–Crippen LogP) is 4.91. The average Bonchev–Trinajstić information content (AvgIpc) is 3.19. The molecular formula is C24H28ClN3O3S. The second kappa shape index (κ2) is 10.1. The van der Waals surface area contributed by atoms with Crippen molar-refractivity contribution in [2.45, 2.75) is 33.4 Å². The van der Waals surface area contributed by atoms with Crippen LogP contribution in [-0.4, -0.2) is 54.7 Å². The molecule has 8 heteroatoms. The maximum absolute atomic E-state index is 11.6. The van der Waals surface area contributed by atoms with Gasteiger partial charge in [0, 0.05) is 37.2 Å². The second-order valence-corrected chi connectivity index (χ2v) is 9.51. The fraction of sp³-hybridized carbons (Fsp3) is 0.417. The van der Waals surface area contributed by atoms with Crippen LogP contribution in [-0.2, 0) is 16.1 Å². The average molecular weight is 474 g/mol. The molecule has 0 N–H and O–H groups in total. The van der Waals surface area contributed by atoms with E-state index < -0.39 is 0 Å². The number of halogens is 1. The highest BCUT2D eigenvalue weighted by Gasteiger charge is 2.26. The third kappa shape index (κ3) is 5.34. The zero-order valence-corrected chi connectivity index (χ0v) is 20.2. The highest BCUT2D eigenvalue weighted by atomic mass is 35.5. The van der Waals surface area contributed by atoms with Gasteiger partial charge in [0.05, 0.1) is 16.8 Å². The SMILES string of the molecule is CCOC(=O)COc1cc(CN2CCN(c3nc4ccc(Cl)cc4s3)CC2C)ccc1C. The van der Waals surface area contributed by atoms with Crippen molar-refractivity contribution in [2.75, 3.05) is 37.7 Å². The Morgan fingerprint density at radius 2 is 2.09 bits per heavy atom. The van der Waals surface area contributed by atoms with E-state index >= 15 is 0 Å². The summed E-state index contributed by atoms with van der Waals surface area (Å²) in [6.07, 6.45) is 0. The van der Waals surface area contributed by atoms with E-state index in [1.807, 2.05) is 37.3 Å². The molecule has 3 aromatic rings. The Kier molecular flexibility index (Phi) is 7.18. The molecule has 4 rings (SSSR count). The van der Waals surface area contributed by atoms with Crippen LogP contribution in [0.4, 0.5) is 5.13 Å². The van der Waals surface area contributed by atoms with Gasteiger partial charge in [0.2, 0.25) is 0 Å². The van der Waals surface area contributed by atoms with Gasteiger partial charge in [-0.2, -0.15) is 0 Å². The Labute approximate surface area is 197 Å². The minimum Gasteiger partial charge on any atom is -0.482 e. The third-order valence-corrected chi connectivity index (χ3v) is 6.98. The first-order valence-corrected chi connectivity index (χ1v) is 12.1. The van der Waals surface area contributed by atoms with Crippen LogP contribution in [0.2, 0.25) is 5.02 Å². The van der Waals surface area contributed by atoms with Crippen LogP contribution in [0.5, 0.6) is 5.75 Å². The molecule has 1 aliphatic rings. The Morgan fingerprint density at radius 1 is 1.25 bits per heavy atom. The van der Waals surface area contributed by atoms with E-state index in [1.165, 1.54) is 5.56 Å². The van der Waals surface area contributed by atoms with Gasteiger partial charge in [-0.05, 0) is 56.2 Å². The summed E-state index contributed by atoms with van der Waals surface area (Å²) in [6, 6.07) is 12.4. The number of carbonyl (C=O) groups excluding carboxylic acids is 1. The van der Waals surface area contributed by atoms with Crippen LogP contribution < -0.4 is 9.64 Å². The Hall–Kier alpha value is -2.35. The molecule has 6 nitrogen and oxygen atoms in total. The lowest BCUT2D eigenvalue weighted by Crippen LogP contribution is -2.51. The minimum atomic E-state index is -0.348. The minimum absolute atomic E-state index is 0.0689. The maximum Gasteiger partial charge on any atom is 0.344 e. The summed E-state index contributed by atoms with van der Waals surface area (Å²) in [5.74, 6) is 0.383. The van der Waals surface area contributed by atoms with E-state index in [-0.39, 0.29) is 12.6 Å². The van der Waals surface area contributed by atoms with E-state index in [0.717, 1.165) is 57.9 Å². The Bertz CT molecular complexity index is 1100. The van der Waals surface area contributed by atoms with Crippen molar-refractivity contribution in [3.63, 3.8) is 0 Å². The molecule has 1 aromatic heterocycles. The van der Waals surface area contributed by atoms with Gasteiger partial charge in [0.25, 0.3) is 0 Å². The molecule has 1 fully saturated rings. The smallest absolute Gasteiger partial charge is 0.344 e. The quantitative estimate of drug-likeness (QED) is 0.454. The normalized spacial score (nSPS) is 17.0. The number of ether oxygens (including phenoxy) is 2. The number of benzene rings is 2. The number of thiazole rings is 1. The van der Waals surface area contributed by atoms with E-state index in [2.05, 4.69) is 22.8 Å². The largest absolute Gasteiger partial charge is 0.482 e. The van der Waals surface area contributed by atoms with Crippen LogP contribution in [0, 0.1) is 6.92 Å². The van der Waals surface area contributed by atoms with Crippen molar-refractivity contribution in [1.29, 1.82) is 0 Å². The number of anilines is 1. The third-order valence-electron chi connectivity index (χ3n) is 5.66. The van der Waals surface area contributed by atoms with Crippen molar-refractivity contribution in [3.8, 4) is 5.75 Å². The van der Waals surface area contributed by atoms with Crippen molar-refractivity contribution >= 4 is 44.3 Å². The lowest BCUT2D eigenvalue weighted by molar-refractivity contribution is -0.145. The number of hydrogen-bond donors (Lipinski definition) is 0. The standard InChI is InChI=1S/C24H28ClN3O3S/c1-4-30-23(29)15-31-21-11-18(6-5-16(21)2)14-27-9-10-28(13-17(27)3)24-26-20-8-7-19(25)12-22(20)32-24/h5-8,11-12,17H,4,9-10,13-15H2,1-3H3. The van der Waals surface area contributed by atoms with Gasteiger partial charge in [-0.25, -0.2) is 9.78 Å². The molecule has 2 heterocycles. The van der Waals surface area contributed by atoms with Crippen LogP contribution in [0.25, 0.3) is 10.2 Å². The van der Waals surface area contributed by atoms with Crippen LogP contribution >= 0.6 is 22.9 Å². The summed E-state index contributed by atoms with van der Waals surface area (Å²) in [4.78, 5) is 21.3. The van der Waals surface area contributed by atoms with Crippen LogP contribution in [0.3, 0.4) is 0 Å². The molecule has 0 amide bonds. The molecule has 1 atom stereocenters. The highest BCUT2D eigenvalue weighted by molar-refractivity contribution is 7.22. The molecule has 0 saturated carbocycles. The van der Waals surface area contributed by atoms with Gasteiger partial charge in [-0.1, -0.05) is 35.1 Å². The van der Waals surface area contributed by atoms with Gasteiger partial charge in [-0.15, -0.1) is 0 Å². The molecular weight excluding hydrogens is 446 g/mol. The number of rotatable bonds is 7. The van der Waals surface area contributed by atoms with Gasteiger partial charge < -0.3 is 14.4 Å². The number of carbonyl (C=O) groups is 1. The first-order chi connectivity index (χ1) is 15.4. The van der Waals surface area contributed by atoms with Gasteiger partial charge in [0.15, 0.2) is 11.7 Å². The summed E-state index contributed by atoms with van der Waals surface area (Å²) >= 11 is 7.83. The van der Waals surface area contributed by atoms with Crippen LogP contribution in [0.1, 0.15) is 25.0 Å². The molecule has 1 unspecified atom stereocenters. The van der Waals surface area contributed by atoms with Crippen LogP contribution in [0.15, 0.2) is 36.4 Å². The molecule has 0 aliphatic carbocycles. The topological polar surface area (TPSA) is 54.9 Å². The second-order valence-electron chi connectivity index (χ2n) is 8.07. The molecule has 0 spiro atoms. The van der Waals surface area contributed by atoms with Gasteiger partial charge in [-0.3, -0.25) is 4.90 Å². The van der Waals surface area contributed by atoms with Crippen molar-refractivity contribution in [3.05, 3.63) is 52.5 Å². The first kappa shape index (κ1) is 22.8. The maximum atomic E-state index is 11.6. The number of hydrogen-bond acceptors (Lipinski definition) is 7. The number of aryl methyl sites for hydroxylation is 1. The number of nitrogens with zero attached hydrogens (tertiary/aromatic N) is 3. The number of aromatic nitrogens is 1. The van der Waals surface area contributed by atoms with Gasteiger partial charge >= 0.3 is 5.97 Å². The van der Waals surface area contributed by atoms with Crippen molar-refractivity contribution < 1.29 is 14.3 Å². The highest BCUT2D eigenvalue weighted by Crippen LogP contribution is 2.32. The molecule has 1 aliphatic heterocycles. The molecule has 170 valence electrons. The zero-order valence-electron chi connectivity index (χ0n) is 18.6. The Balaban J connectivity index is 1.38. The molecule has 0 radical (unpaired) electrons. The summed E-state index contributed by atoms with van der Waals surface area (Å²) < 4.78 is 11.8. The van der Waals surface area contributed by atoms with E-state index in [9.17, 15) is 4.79 Å². The summed E-state index contributed by atoms with van der Waals surface area (Å²) in [7, 11) is 0. The lowest BCUT2D eigenvalue weighted by atomic mass is 10.1. The fourth-order valence-electron chi connectivity index (χ4n) is 3.90. The monoisotopic (exact) mass is 473 g/mol. The fourth-order valence-corrected chi connectivity index (χ4v) is 5.17. The first-order valence-electron chi connectivity index (χ1n) is 10.9. The van der Waals surface area contributed by atoms with E-state index in [0.29, 0.717) is 12.6 Å². The zero-order chi connectivity index (χ0) is 22.7.